The summed E-state index contributed by atoms with van der Waals surface area (Å²) in [6.07, 6.45) is 0. The molecule has 0 bridgehead atoms. The molecule has 1 aromatic heterocycles. The number of esters is 1. The van der Waals surface area contributed by atoms with Gasteiger partial charge >= 0.3 is 5.97 Å². The van der Waals surface area contributed by atoms with Gasteiger partial charge in [0.15, 0.2) is 12.3 Å². The van der Waals surface area contributed by atoms with E-state index in [1.54, 1.807) is 19.5 Å². The van der Waals surface area contributed by atoms with Crippen molar-refractivity contribution in [2.45, 2.75) is 6.54 Å². The number of rotatable bonds is 7. The molecule has 0 radical (unpaired) electrons. The minimum absolute atomic E-state index is 0.189. The first-order valence-electron chi connectivity index (χ1n) is 8.62. The van der Waals surface area contributed by atoms with Crippen molar-refractivity contribution in [2.75, 3.05) is 20.8 Å². The summed E-state index contributed by atoms with van der Waals surface area (Å²) < 4.78 is 10.3. The van der Waals surface area contributed by atoms with Gasteiger partial charge in [-0.2, -0.15) is 0 Å². The molecule has 6 nitrogen and oxygen atoms in total. The van der Waals surface area contributed by atoms with Gasteiger partial charge in [0.1, 0.15) is 10.8 Å². The van der Waals surface area contributed by atoms with Crippen LogP contribution < -0.4 is 4.74 Å². The third kappa shape index (κ3) is 4.95. The lowest BCUT2D eigenvalue weighted by atomic mass is 10.2. The first kappa shape index (κ1) is 19.6. The van der Waals surface area contributed by atoms with Crippen molar-refractivity contribution < 1.29 is 19.1 Å². The van der Waals surface area contributed by atoms with Crippen molar-refractivity contribution in [1.29, 1.82) is 0 Å². The summed E-state index contributed by atoms with van der Waals surface area (Å²) in [5.74, 6) is -0.140. The fourth-order valence-electron chi connectivity index (χ4n) is 2.49. The number of thiazole rings is 1. The van der Waals surface area contributed by atoms with Crippen LogP contribution in [0, 0.1) is 0 Å². The van der Waals surface area contributed by atoms with E-state index in [9.17, 15) is 9.59 Å². The molecule has 3 aromatic rings. The first-order chi connectivity index (χ1) is 13.6. The number of aromatic nitrogens is 1. The zero-order valence-corrected chi connectivity index (χ0v) is 16.4. The number of carbonyl (C=O) groups is 2. The number of carbonyl (C=O) groups excluding carboxylic acids is 2. The molecular weight excluding hydrogens is 376 g/mol. The lowest BCUT2D eigenvalue weighted by Gasteiger charge is -2.17. The maximum absolute atomic E-state index is 12.2. The molecule has 3 rings (SSSR count). The van der Waals surface area contributed by atoms with Gasteiger partial charge in [0, 0.05) is 24.5 Å². The van der Waals surface area contributed by atoms with E-state index in [-0.39, 0.29) is 18.2 Å². The van der Waals surface area contributed by atoms with Crippen molar-refractivity contribution in [3.63, 3.8) is 0 Å². The Balaban J connectivity index is 1.54. The highest BCUT2D eigenvalue weighted by Gasteiger charge is 2.17. The summed E-state index contributed by atoms with van der Waals surface area (Å²) in [5.41, 5.74) is 2.08. The van der Waals surface area contributed by atoms with Crippen molar-refractivity contribution in [3.05, 3.63) is 71.2 Å². The second-order valence-corrected chi connectivity index (χ2v) is 6.94. The van der Waals surface area contributed by atoms with Gasteiger partial charge in [-0.15, -0.1) is 11.3 Å². The lowest BCUT2D eigenvalue weighted by molar-refractivity contribution is -0.133. The van der Waals surface area contributed by atoms with E-state index in [1.165, 1.54) is 16.2 Å². The van der Waals surface area contributed by atoms with E-state index >= 15 is 0 Å². The molecule has 0 spiro atoms. The SMILES string of the molecule is COc1ccc(-c2nc(C(=O)OCC(=O)N(C)Cc3ccccc3)cs2)cc1. The number of likely N-dealkylation sites (N-methyl/N-ethyl adjacent to an activating group) is 1. The van der Waals surface area contributed by atoms with Crippen LogP contribution in [0.25, 0.3) is 10.6 Å². The normalized spacial score (nSPS) is 10.4. The molecule has 0 saturated heterocycles. The van der Waals surface area contributed by atoms with Gasteiger partial charge in [-0.1, -0.05) is 30.3 Å². The lowest BCUT2D eigenvalue weighted by Crippen LogP contribution is -2.30. The quantitative estimate of drug-likeness (QED) is 0.571. The highest BCUT2D eigenvalue weighted by molar-refractivity contribution is 7.13. The highest BCUT2D eigenvalue weighted by Crippen LogP contribution is 2.25. The zero-order valence-electron chi connectivity index (χ0n) is 15.6. The summed E-state index contributed by atoms with van der Waals surface area (Å²) in [4.78, 5) is 30.2. The number of amides is 1. The van der Waals surface area contributed by atoms with E-state index in [4.69, 9.17) is 9.47 Å². The summed E-state index contributed by atoms with van der Waals surface area (Å²) in [6, 6.07) is 17.0. The van der Waals surface area contributed by atoms with E-state index in [0.717, 1.165) is 16.9 Å². The van der Waals surface area contributed by atoms with Gasteiger partial charge in [-0.3, -0.25) is 4.79 Å². The minimum atomic E-state index is -0.613. The van der Waals surface area contributed by atoms with Crippen LogP contribution in [0.15, 0.2) is 60.0 Å². The number of nitrogens with zero attached hydrogens (tertiary/aromatic N) is 2. The summed E-state index contributed by atoms with van der Waals surface area (Å²) in [6.45, 7) is 0.132. The van der Waals surface area contributed by atoms with E-state index in [1.807, 2.05) is 54.6 Å². The first-order valence-corrected chi connectivity index (χ1v) is 9.49. The molecule has 1 heterocycles. The summed E-state index contributed by atoms with van der Waals surface area (Å²) >= 11 is 1.34. The molecule has 0 aliphatic rings. The van der Waals surface area contributed by atoms with Gasteiger partial charge in [-0.25, -0.2) is 9.78 Å². The highest BCUT2D eigenvalue weighted by atomic mass is 32.1. The van der Waals surface area contributed by atoms with Crippen LogP contribution in [0.2, 0.25) is 0 Å². The molecule has 0 saturated carbocycles. The topological polar surface area (TPSA) is 68.7 Å². The van der Waals surface area contributed by atoms with Crippen molar-refractivity contribution in [2.24, 2.45) is 0 Å². The maximum Gasteiger partial charge on any atom is 0.358 e. The standard InChI is InChI=1S/C21H20N2O4S/c1-23(12-15-6-4-3-5-7-15)19(24)13-27-21(25)18-14-28-20(22-18)16-8-10-17(26-2)11-9-16/h3-11,14H,12-13H2,1-2H3. The third-order valence-corrected chi connectivity index (χ3v) is 4.96. The van der Waals surface area contributed by atoms with E-state index < -0.39 is 5.97 Å². The summed E-state index contributed by atoms with van der Waals surface area (Å²) in [7, 11) is 3.28. The van der Waals surface area contributed by atoms with Gasteiger partial charge in [0.2, 0.25) is 0 Å². The van der Waals surface area contributed by atoms with Crippen LogP contribution in [-0.2, 0) is 16.1 Å². The molecule has 0 fully saturated rings. The minimum Gasteiger partial charge on any atom is -0.497 e. The van der Waals surface area contributed by atoms with Gasteiger partial charge in [0.25, 0.3) is 5.91 Å². The Bertz CT molecular complexity index is 939. The molecule has 7 heteroatoms. The molecule has 0 aliphatic carbocycles. The number of hydrogen-bond acceptors (Lipinski definition) is 6. The van der Waals surface area contributed by atoms with Gasteiger partial charge < -0.3 is 14.4 Å². The predicted octanol–water partition coefficient (Wildman–Crippen LogP) is 3.63. The predicted molar refractivity (Wildman–Crippen MR) is 107 cm³/mol. The second-order valence-electron chi connectivity index (χ2n) is 6.08. The Labute approximate surface area is 167 Å². The molecule has 28 heavy (non-hydrogen) atoms. The fraction of sp³-hybridized carbons (Fsp3) is 0.190. The van der Waals surface area contributed by atoms with Gasteiger partial charge in [0.05, 0.1) is 7.11 Å². The Hall–Kier alpha value is -3.19. The summed E-state index contributed by atoms with van der Waals surface area (Å²) in [5, 5.41) is 2.32. The maximum atomic E-state index is 12.2. The molecule has 1 amide bonds. The largest absolute Gasteiger partial charge is 0.497 e. The smallest absolute Gasteiger partial charge is 0.358 e. The van der Waals surface area contributed by atoms with Crippen LogP contribution >= 0.6 is 11.3 Å². The average Bonchev–Trinajstić information content (AvgIpc) is 3.23. The molecule has 0 N–H and O–H groups in total. The molecule has 144 valence electrons. The number of methoxy groups -OCH3 is 1. The number of hydrogen-bond donors (Lipinski definition) is 0. The van der Waals surface area contributed by atoms with E-state index in [0.29, 0.717) is 11.6 Å². The van der Waals surface area contributed by atoms with Crippen LogP contribution in [0.4, 0.5) is 0 Å². The Morgan fingerprint density at radius 2 is 1.79 bits per heavy atom. The molecule has 2 aromatic carbocycles. The Morgan fingerprint density at radius 1 is 1.07 bits per heavy atom. The molecule has 0 unspecified atom stereocenters. The monoisotopic (exact) mass is 396 g/mol. The van der Waals surface area contributed by atoms with E-state index in [2.05, 4.69) is 4.98 Å². The molecule has 0 aliphatic heterocycles. The second kappa shape index (κ2) is 9.14. The number of benzene rings is 2. The molecular formula is C21H20N2O4S. The average molecular weight is 396 g/mol. The Morgan fingerprint density at radius 3 is 2.46 bits per heavy atom. The van der Waals surface area contributed by atoms with Crippen LogP contribution in [0.1, 0.15) is 16.1 Å². The van der Waals surface area contributed by atoms with Crippen molar-refractivity contribution in [3.8, 4) is 16.3 Å². The van der Waals surface area contributed by atoms with Crippen LogP contribution in [0.5, 0.6) is 5.75 Å². The molecule has 0 atom stereocenters. The van der Waals surface area contributed by atoms with Gasteiger partial charge in [-0.05, 0) is 29.8 Å². The van der Waals surface area contributed by atoms with Crippen LogP contribution in [0.3, 0.4) is 0 Å². The van der Waals surface area contributed by atoms with Crippen molar-refractivity contribution in [1.82, 2.24) is 9.88 Å². The van der Waals surface area contributed by atoms with Crippen LogP contribution in [-0.4, -0.2) is 42.5 Å². The fourth-order valence-corrected chi connectivity index (χ4v) is 3.29. The van der Waals surface area contributed by atoms with Crippen molar-refractivity contribution >= 4 is 23.2 Å². The zero-order chi connectivity index (χ0) is 19.9. The third-order valence-electron chi connectivity index (χ3n) is 4.07. The Kier molecular flexibility index (Phi) is 6.39. The number of ether oxygens (including phenoxy) is 2.